The van der Waals surface area contributed by atoms with Crippen LogP contribution in [-0.2, 0) is 17.8 Å². The van der Waals surface area contributed by atoms with Gasteiger partial charge in [0.15, 0.2) is 0 Å². The van der Waals surface area contributed by atoms with E-state index in [2.05, 4.69) is 5.10 Å². The Kier molecular flexibility index (Phi) is 5.35. The Morgan fingerprint density at radius 1 is 1.50 bits per heavy atom. The molecule has 0 fully saturated rings. The molecule has 1 atom stereocenters. The maximum atomic E-state index is 12.2. The first-order valence-electron chi connectivity index (χ1n) is 6.36. The van der Waals surface area contributed by atoms with E-state index >= 15 is 0 Å². The Morgan fingerprint density at radius 2 is 2.11 bits per heavy atom. The molecule has 0 bridgehead atoms. The standard InChI is InChI=1S/C13H22ClN3O/c1-5-17-11(13(14)9(4)16-17)6-12(18)10(7-15)8(2)3/h8,10H,5-7,15H2,1-4H3. The van der Waals surface area contributed by atoms with Gasteiger partial charge < -0.3 is 5.73 Å². The largest absolute Gasteiger partial charge is 0.330 e. The van der Waals surface area contributed by atoms with Crippen LogP contribution in [-0.4, -0.2) is 22.1 Å². The van der Waals surface area contributed by atoms with E-state index in [1.165, 1.54) is 0 Å². The zero-order chi connectivity index (χ0) is 13.9. The smallest absolute Gasteiger partial charge is 0.143 e. The highest BCUT2D eigenvalue weighted by Crippen LogP contribution is 2.23. The predicted octanol–water partition coefficient (Wildman–Crippen LogP) is 2.21. The van der Waals surface area contributed by atoms with Gasteiger partial charge in [0.2, 0.25) is 0 Å². The normalized spacial score (nSPS) is 13.1. The van der Waals surface area contributed by atoms with Gasteiger partial charge in [-0.25, -0.2) is 0 Å². The van der Waals surface area contributed by atoms with Gasteiger partial charge in [0, 0.05) is 19.0 Å². The topological polar surface area (TPSA) is 60.9 Å². The molecule has 0 aliphatic rings. The van der Waals surface area contributed by atoms with Gasteiger partial charge in [-0.05, 0) is 19.8 Å². The average Bonchev–Trinajstić information content (AvgIpc) is 2.57. The third kappa shape index (κ3) is 3.12. The van der Waals surface area contributed by atoms with Crippen molar-refractivity contribution in [1.29, 1.82) is 0 Å². The van der Waals surface area contributed by atoms with Gasteiger partial charge >= 0.3 is 0 Å². The highest BCUT2D eigenvalue weighted by molar-refractivity contribution is 6.32. The number of carbonyl (C=O) groups excluding carboxylic acids is 1. The van der Waals surface area contributed by atoms with Crippen molar-refractivity contribution in [2.75, 3.05) is 6.54 Å². The number of hydrogen-bond donors (Lipinski definition) is 1. The van der Waals surface area contributed by atoms with Gasteiger partial charge in [0.05, 0.1) is 22.8 Å². The van der Waals surface area contributed by atoms with E-state index in [0.717, 1.165) is 11.4 Å². The van der Waals surface area contributed by atoms with Crippen LogP contribution in [0.5, 0.6) is 0 Å². The minimum Gasteiger partial charge on any atom is -0.330 e. The molecule has 0 spiro atoms. The Hall–Kier alpha value is -0.870. The van der Waals surface area contributed by atoms with E-state index in [9.17, 15) is 4.79 Å². The second-order valence-electron chi connectivity index (χ2n) is 4.89. The van der Waals surface area contributed by atoms with E-state index in [1.54, 1.807) is 4.68 Å². The lowest BCUT2D eigenvalue weighted by Gasteiger charge is -2.17. The Morgan fingerprint density at radius 3 is 2.56 bits per heavy atom. The molecule has 1 aromatic rings. The lowest BCUT2D eigenvalue weighted by atomic mass is 9.89. The lowest BCUT2D eigenvalue weighted by Crippen LogP contribution is -2.30. The fraction of sp³-hybridized carbons (Fsp3) is 0.692. The predicted molar refractivity (Wildman–Crippen MR) is 73.7 cm³/mol. The molecule has 0 saturated heterocycles. The lowest BCUT2D eigenvalue weighted by molar-refractivity contribution is -0.123. The van der Waals surface area contributed by atoms with E-state index in [4.69, 9.17) is 17.3 Å². The molecule has 0 saturated carbocycles. The molecule has 1 aromatic heterocycles. The molecule has 0 radical (unpaired) electrons. The first kappa shape index (κ1) is 15.2. The molecule has 102 valence electrons. The molecule has 0 aliphatic carbocycles. The number of aromatic nitrogens is 2. The first-order chi connectivity index (χ1) is 8.42. The summed E-state index contributed by atoms with van der Waals surface area (Å²) in [6.45, 7) is 8.96. The van der Waals surface area contributed by atoms with Gasteiger partial charge in [-0.15, -0.1) is 0 Å². The van der Waals surface area contributed by atoms with Crippen LogP contribution in [0, 0.1) is 18.8 Å². The Balaban J connectivity index is 2.94. The number of Topliss-reactive ketones (excluding diaryl/α,β-unsaturated/α-hetero) is 1. The molecule has 2 N–H and O–H groups in total. The number of aryl methyl sites for hydroxylation is 2. The van der Waals surface area contributed by atoms with Crippen molar-refractivity contribution in [2.45, 2.75) is 40.7 Å². The minimum absolute atomic E-state index is 0.110. The summed E-state index contributed by atoms with van der Waals surface area (Å²) in [6.07, 6.45) is 0.313. The molecule has 0 aliphatic heterocycles. The monoisotopic (exact) mass is 271 g/mol. The van der Waals surface area contributed by atoms with Crippen molar-refractivity contribution in [2.24, 2.45) is 17.6 Å². The Labute approximate surface area is 113 Å². The summed E-state index contributed by atoms with van der Waals surface area (Å²) in [6, 6.07) is 0. The second kappa shape index (κ2) is 6.34. The van der Waals surface area contributed by atoms with E-state index in [-0.39, 0.29) is 17.6 Å². The summed E-state index contributed by atoms with van der Waals surface area (Å²) in [7, 11) is 0. The van der Waals surface area contributed by atoms with Crippen molar-refractivity contribution in [3.8, 4) is 0 Å². The summed E-state index contributed by atoms with van der Waals surface area (Å²) < 4.78 is 1.80. The zero-order valence-corrected chi connectivity index (χ0v) is 12.3. The van der Waals surface area contributed by atoms with Crippen LogP contribution in [0.3, 0.4) is 0 Å². The van der Waals surface area contributed by atoms with Gasteiger partial charge in [0.1, 0.15) is 5.78 Å². The average molecular weight is 272 g/mol. The molecule has 5 heteroatoms. The van der Waals surface area contributed by atoms with Crippen molar-refractivity contribution in [1.82, 2.24) is 9.78 Å². The van der Waals surface area contributed by atoms with Crippen LogP contribution < -0.4 is 5.73 Å². The molecule has 1 heterocycles. The van der Waals surface area contributed by atoms with E-state index in [0.29, 0.717) is 24.5 Å². The van der Waals surface area contributed by atoms with Gasteiger partial charge in [0.25, 0.3) is 0 Å². The molecule has 4 nitrogen and oxygen atoms in total. The molecule has 18 heavy (non-hydrogen) atoms. The van der Waals surface area contributed by atoms with Crippen LogP contribution in [0.1, 0.15) is 32.2 Å². The number of nitrogens with two attached hydrogens (primary N) is 1. The third-order valence-electron chi connectivity index (χ3n) is 3.27. The first-order valence-corrected chi connectivity index (χ1v) is 6.74. The number of rotatable bonds is 6. The van der Waals surface area contributed by atoms with Crippen LogP contribution in [0.2, 0.25) is 5.02 Å². The zero-order valence-electron chi connectivity index (χ0n) is 11.5. The van der Waals surface area contributed by atoms with Gasteiger partial charge in [-0.1, -0.05) is 25.4 Å². The van der Waals surface area contributed by atoms with Crippen molar-refractivity contribution >= 4 is 17.4 Å². The number of nitrogens with zero attached hydrogens (tertiary/aromatic N) is 2. The summed E-state index contributed by atoms with van der Waals surface area (Å²) >= 11 is 6.20. The second-order valence-corrected chi connectivity index (χ2v) is 5.27. The molecule has 0 amide bonds. The minimum atomic E-state index is -0.110. The molecular weight excluding hydrogens is 250 g/mol. The fourth-order valence-corrected chi connectivity index (χ4v) is 2.31. The fourth-order valence-electron chi connectivity index (χ4n) is 2.11. The molecule has 1 unspecified atom stereocenters. The van der Waals surface area contributed by atoms with Crippen LogP contribution in [0.15, 0.2) is 0 Å². The van der Waals surface area contributed by atoms with Crippen LogP contribution >= 0.6 is 11.6 Å². The quantitative estimate of drug-likeness (QED) is 0.863. The summed E-state index contributed by atoms with van der Waals surface area (Å²) in [5.41, 5.74) is 7.25. The number of hydrogen-bond acceptors (Lipinski definition) is 3. The van der Waals surface area contributed by atoms with Crippen LogP contribution in [0.25, 0.3) is 0 Å². The molecule has 0 aromatic carbocycles. The maximum Gasteiger partial charge on any atom is 0.143 e. The maximum absolute atomic E-state index is 12.2. The van der Waals surface area contributed by atoms with Crippen LogP contribution in [0.4, 0.5) is 0 Å². The number of ketones is 1. The van der Waals surface area contributed by atoms with E-state index in [1.807, 2.05) is 27.7 Å². The molecule has 1 rings (SSSR count). The third-order valence-corrected chi connectivity index (χ3v) is 3.76. The Bertz CT molecular complexity index is 426. The summed E-state index contributed by atoms with van der Waals surface area (Å²) in [5, 5.41) is 4.91. The highest BCUT2D eigenvalue weighted by Gasteiger charge is 2.23. The van der Waals surface area contributed by atoms with Gasteiger partial charge in [-0.2, -0.15) is 5.10 Å². The van der Waals surface area contributed by atoms with Crippen molar-refractivity contribution < 1.29 is 4.79 Å². The summed E-state index contributed by atoms with van der Waals surface area (Å²) in [5.74, 6) is 0.283. The number of halogens is 1. The highest BCUT2D eigenvalue weighted by atomic mass is 35.5. The number of carbonyl (C=O) groups is 1. The SMILES string of the molecule is CCn1nc(C)c(Cl)c1CC(=O)C(CN)C(C)C. The molecular formula is C13H22ClN3O. The van der Waals surface area contributed by atoms with Gasteiger partial charge in [-0.3, -0.25) is 9.48 Å². The van der Waals surface area contributed by atoms with Crippen molar-refractivity contribution in [3.05, 3.63) is 16.4 Å². The van der Waals surface area contributed by atoms with E-state index < -0.39 is 0 Å². The summed E-state index contributed by atoms with van der Waals surface area (Å²) in [4.78, 5) is 12.2. The van der Waals surface area contributed by atoms with Crippen molar-refractivity contribution in [3.63, 3.8) is 0 Å².